The van der Waals surface area contributed by atoms with Crippen LogP contribution in [-0.4, -0.2) is 34.5 Å². The Morgan fingerprint density at radius 1 is 1.37 bits per heavy atom. The van der Waals surface area contributed by atoms with E-state index < -0.39 is 11.7 Å². The molecule has 1 fully saturated rings. The Morgan fingerprint density at radius 3 is 2.84 bits per heavy atom. The van der Waals surface area contributed by atoms with Gasteiger partial charge in [-0.3, -0.25) is 4.79 Å². The maximum absolute atomic E-state index is 11.7. The maximum atomic E-state index is 11.7. The second-order valence-corrected chi connectivity index (χ2v) is 5.87. The van der Waals surface area contributed by atoms with Gasteiger partial charge in [-0.25, -0.2) is 0 Å². The van der Waals surface area contributed by atoms with Crippen molar-refractivity contribution < 1.29 is 19.7 Å². The molecular formula is C15H20O4. The summed E-state index contributed by atoms with van der Waals surface area (Å²) < 4.78 is 4.95. The summed E-state index contributed by atoms with van der Waals surface area (Å²) in [4.78, 5) is 11.7. The predicted octanol–water partition coefficient (Wildman–Crippen LogP) is 1.04. The SMILES string of the molecule is CCOC(=O)C[C@]1(O)C=C[C@@H](O)[C@@H]2[C@H]1[C@@H]1C=C[C@H]2C1. The van der Waals surface area contributed by atoms with E-state index in [0.717, 1.165) is 6.42 Å². The number of esters is 1. The molecular weight excluding hydrogens is 244 g/mol. The molecule has 0 aromatic heterocycles. The van der Waals surface area contributed by atoms with E-state index in [1.807, 2.05) is 0 Å². The van der Waals surface area contributed by atoms with Crippen LogP contribution in [0.4, 0.5) is 0 Å². The smallest absolute Gasteiger partial charge is 0.309 e. The number of fused-ring (bicyclic) bond motifs is 5. The van der Waals surface area contributed by atoms with E-state index in [-0.39, 0.29) is 30.1 Å². The normalized spacial score (nSPS) is 46.4. The molecule has 2 bridgehead atoms. The number of hydrogen-bond donors (Lipinski definition) is 2. The van der Waals surface area contributed by atoms with Gasteiger partial charge in [0.05, 0.1) is 24.7 Å². The number of allylic oxidation sites excluding steroid dienone is 2. The van der Waals surface area contributed by atoms with Gasteiger partial charge in [0.1, 0.15) is 0 Å². The molecule has 4 heteroatoms. The molecule has 3 aliphatic rings. The van der Waals surface area contributed by atoms with Gasteiger partial charge in [0.2, 0.25) is 0 Å². The van der Waals surface area contributed by atoms with E-state index in [0.29, 0.717) is 12.5 Å². The minimum absolute atomic E-state index is 0.0255. The van der Waals surface area contributed by atoms with Crippen LogP contribution in [0.1, 0.15) is 19.8 Å². The summed E-state index contributed by atoms with van der Waals surface area (Å²) in [5, 5.41) is 21.0. The molecule has 0 heterocycles. The minimum atomic E-state index is -1.18. The molecule has 1 saturated carbocycles. The van der Waals surface area contributed by atoms with Gasteiger partial charge in [0.15, 0.2) is 0 Å². The van der Waals surface area contributed by atoms with E-state index in [9.17, 15) is 15.0 Å². The van der Waals surface area contributed by atoms with Crippen molar-refractivity contribution in [3.63, 3.8) is 0 Å². The van der Waals surface area contributed by atoms with E-state index in [1.54, 1.807) is 19.1 Å². The summed E-state index contributed by atoms with van der Waals surface area (Å²) in [5.41, 5.74) is -1.18. The number of carbonyl (C=O) groups is 1. The van der Waals surface area contributed by atoms with Crippen LogP contribution < -0.4 is 0 Å². The lowest BCUT2D eigenvalue weighted by Crippen LogP contribution is -2.50. The first-order chi connectivity index (χ1) is 9.05. The third-order valence-electron chi connectivity index (χ3n) is 4.81. The predicted molar refractivity (Wildman–Crippen MR) is 69.1 cm³/mol. The quantitative estimate of drug-likeness (QED) is 0.590. The van der Waals surface area contributed by atoms with E-state index in [1.165, 1.54) is 0 Å². The Labute approximate surface area is 112 Å². The highest BCUT2D eigenvalue weighted by Crippen LogP contribution is 2.56. The lowest BCUT2D eigenvalue weighted by molar-refractivity contribution is -0.151. The Balaban J connectivity index is 1.86. The van der Waals surface area contributed by atoms with Crippen molar-refractivity contribution in [2.24, 2.45) is 23.7 Å². The van der Waals surface area contributed by atoms with Crippen molar-refractivity contribution in [2.75, 3.05) is 6.61 Å². The summed E-state index contributed by atoms with van der Waals surface area (Å²) in [6.07, 6.45) is 7.92. The fourth-order valence-corrected chi connectivity index (χ4v) is 4.15. The zero-order valence-corrected chi connectivity index (χ0v) is 11.0. The van der Waals surface area contributed by atoms with Crippen LogP contribution in [0, 0.1) is 23.7 Å². The summed E-state index contributed by atoms with van der Waals surface area (Å²) in [7, 11) is 0. The van der Waals surface area contributed by atoms with Crippen LogP contribution >= 0.6 is 0 Å². The van der Waals surface area contributed by atoms with Crippen molar-refractivity contribution >= 4 is 5.97 Å². The second-order valence-electron chi connectivity index (χ2n) is 5.87. The highest BCUT2D eigenvalue weighted by atomic mass is 16.5. The van der Waals surface area contributed by atoms with Gasteiger partial charge in [0, 0.05) is 11.8 Å². The average Bonchev–Trinajstić information content (AvgIpc) is 2.95. The van der Waals surface area contributed by atoms with Crippen LogP contribution in [0.15, 0.2) is 24.3 Å². The third-order valence-corrected chi connectivity index (χ3v) is 4.81. The molecule has 2 N–H and O–H groups in total. The van der Waals surface area contributed by atoms with Gasteiger partial charge in [-0.15, -0.1) is 0 Å². The largest absolute Gasteiger partial charge is 0.466 e. The first-order valence-electron chi connectivity index (χ1n) is 6.99. The Bertz CT molecular complexity index is 441. The molecule has 0 unspecified atom stereocenters. The number of carbonyl (C=O) groups excluding carboxylic acids is 1. The average molecular weight is 264 g/mol. The second kappa shape index (κ2) is 4.46. The lowest BCUT2D eigenvalue weighted by atomic mass is 9.65. The molecule has 19 heavy (non-hydrogen) atoms. The molecule has 104 valence electrons. The van der Waals surface area contributed by atoms with Gasteiger partial charge < -0.3 is 14.9 Å². The monoisotopic (exact) mass is 264 g/mol. The van der Waals surface area contributed by atoms with Gasteiger partial charge in [0.25, 0.3) is 0 Å². The van der Waals surface area contributed by atoms with Crippen molar-refractivity contribution in [1.82, 2.24) is 0 Å². The van der Waals surface area contributed by atoms with Crippen LogP contribution in [-0.2, 0) is 9.53 Å². The van der Waals surface area contributed by atoms with E-state index >= 15 is 0 Å². The van der Waals surface area contributed by atoms with Crippen LogP contribution in [0.2, 0.25) is 0 Å². The highest BCUT2D eigenvalue weighted by Gasteiger charge is 2.57. The summed E-state index contributed by atoms with van der Waals surface area (Å²) >= 11 is 0. The molecule has 0 saturated heterocycles. The molecule has 3 rings (SSSR count). The molecule has 0 amide bonds. The number of rotatable bonds is 3. The van der Waals surface area contributed by atoms with E-state index in [4.69, 9.17) is 4.74 Å². The van der Waals surface area contributed by atoms with Gasteiger partial charge in [-0.2, -0.15) is 0 Å². The van der Waals surface area contributed by atoms with Crippen LogP contribution in [0.3, 0.4) is 0 Å². The molecule has 3 aliphatic carbocycles. The molecule has 4 nitrogen and oxygen atoms in total. The van der Waals surface area contributed by atoms with Crippen LogP contribution in [0.25, 0.3) is 0 Å². The zero-order chi connectivity index (χ0) is 13.6. The Kier molecular flexibility index (Phi) is 3.02. The lowest BCUT2D eigenvalue weighted by Gasteiger charge is -2.43. The van der Waals surface area contributed by atoms with Gasteiger partial charge in [-0.05, 0) is 25.2 Å². The molecule has 0 spiro atoms. The maximum Gasteiger partial charge on any atom is 0.309 e. The number of aliphatic hydroxyl groups is 2. The fraction of sp³-hybridized carbons (Fsp3) is 0.667. The molecule has 0 aromatic carbocycles. The molecule has 0 aliphatic heterocycles. The standard InChI is InChI=1S/C15H20O4/c1-2-19-12(17)8-15(18)6-5-11(16)13-9-3-4-10(7-9)14(13)15/h3-6,9-11,13-14,16,18H,2,7-8H2,1H3/t9-,10+,11+,13+,14+,15+/m0/s1. The Hall–Kier alpha value is -1.13. The summed E-state index contributed by atoms with van der Waals surface area (Å²) in [6, 6.07) is 0. The Morgan fingerprint density at radius 2 is 2.11 bits per heavy atom. The number of aliphatic hydroxyl groups excluding tert-OH is 1. The summed E-state index contributed by atoms with van der Waals surface area (Å²) in [6.45, 7) is 2.08. The number of hydrogen-bond acceptors (Lipinski definition) is 4. The molecule has 0 aromatic rings. The number of ether oxygens (including phenoxy) is 1. The third kappa shape index (κ3) is 1.94. The van der Waals surface area contributed by atoms with Crippen LogP contribution in [0.5, 0.6) is 0 Å². The minimum Gasteiger partial charge on any atom is -0.466 e. The van der Waals surface area contributed by atoms with Crippen molar-refractivity contribution in [2.45, 2.75) is 31.5 Å². The fourth-order valence-electron chi connectivity index (χ4n) is 4.15. The molecule has 6 atom stereocenters. The topological polar surface area (TPSA) is 66.8 Å². The first-order valence-corrected chi connectivity index (χ1v) is 6.99. The summed E-state index contributed by atoms with van der Waals surface area (Å²) in [5.74, 6) is 0.153. The van der Waals surface area contributed by atoms with E-state index in [2.05, 4.69) is 12.2 Å². The van der Waals surface area contributed by atoms with Gasteiger partial charge in [-0.1, -0.05) is 24.3 Å². The van der Waals surface area contributed by atoms with Gasteiger partial charge >= 0.3 is 5.97 Å². The zero-order valence-electron chi connectivity index (χ0n) is 11.0. The van der Waals surface area contributed by atoms with Crippen molar-refractivity contribution in [3.8, 4) is 0 Å². The molecule has 0 radical (unpaired) electrons. The van der Waals surface area contributed by atoms with Crippen molar-refractivity contribution in [3.05, 3.63) is 24.3 Å². The van der Waals surface area contributed by atoms with Crippen molar-refractivity contribution in [1.29, 1.82) is 0 Å². The highest BCUT2D eigenvalue weighted by molar-refractivity contribution is 5.71. The first kappa shape index (κ1) is 12.9.